The number of hydrogen-bond acceptors (Lipinski definition) is 4. The number of carbonyl (C=O) groups excluding carboxylic acids is 2. The molecule has 3 amide bonds. The molecule has 1 saturated carbocycles. The third kappa shape index (κ3) is 3.27. The molecule has 29 heavy (non-hydrogen) atoms. The number of rotatable bonds is 4. The van der Waals surface area contributed by atoms with Crippen LogP contribution in [0.4, 0.5) is 19.3 Å². The van der Waals surface area contributed by atoms with Crippen molar-refractivity contribution < 1.29 is 18.4 Å². The summed E-state index contributed by atoms with van der Waals surface area (Å²) in [6, 6.07) is 7.14. The quantitative estimate of drug-likeness (QED) is 0.829. The van der Waals surface area contributed by atoms with Crippen LogP contribution in [-0.2, 0) is 10.3 Å². The summed E-state index contributed by atoms with van der Waals surface area (Å²) in [6.45, 7) is 1.32. The van der Waals surface area contributed by atoms with E-state index < -0.39 is 35.2 Å². The Hall–Kier alpha value is -3.54. The molecule has 1 fully saturated rings. The molecule has 1 atom stereocenters. The van der Waals surface area contributed by atoms with E-state index in [-0.39, 0.29) is 17.8 Å². The van der Waals surface area contributed by atoms with Crippen molar-refractivity contribution in [1.29, 1.82) is 5.26 Å². The number of nitrogens with one attached hydrogen (secondary N) is 2. The number of carbonyl (C=O) groups is 2. The summed E-state index contributed by atoms with van der Waals surface area (Å²) in [5.74, 6) is -1.94. The molecule has 9 heteroatoms. The monoisotopic (exact) mass is 397 g/mol. The Morgan fingerprint density at radius 2 is 2.14 bits per heavy atom. The highest BCUT2D eigenvalue weighted by Gasteiger charge is 2.57. The molecule has 2 aliphatic rings. The number of nitriles is 1. The normalized spacial score (nSPS) is 17.2. The summed E-state index contributed by atoms with van der Waals surface area (Å²) in [4.78, 5) is 30.9. The van der Waals surface area contributed by atoms with Crippen LogP contribution in [0.5, 0.6) is 0 Å². The molecule has 1 aliphatic carbocycles. The zero-order valence-corrected chi connectivity index (χ0v) is 15.5. The molecule has 1 aliphatic heterocycles. The number of benzene rings is 1. The SMILES string of the molecule is C[C@H](NC(=O)CN1C(=O)Nc2ccc(C#N)nc2C12CC2)c1ccc(F)cc1F. The van der Waals surface area contributed by atoms with Gasteiger partial charge >= 0.3 is 6.03 Å². The highest BCUT2D eigenvalue weighted by Crippen LogP contribution is 2.54. The van der Waals surface area contributed by atoms with Crippen molar-refractivity contribution in [3.05, 3.63) is 58.9 Å². The number of aromatic nitrogens is 1. The van der Waals surface area contributed by atoms with Gasteiger partial charge in [-0.15, -0.1) is 0 Å². The fraction of sp³-hybridized carbons (Fsp3) is 0.300. The lowest BCUT2D eigenvalue weighted by Gasteiger charge is -2.36. The molecule has 1 aromatic heterocycles. The number of hydrogen-bond donors (Lipinski definition) is 2. The lowest BCUT2D eigenvalue weighted by Crippen LogP contribution is -2.52. The van der Waals surface area contributed by atoms with Crippen LogP contribution in [0.1, 0.15) is 42.8 Å². The standard InChI is InChI=1S/C20H17F2N5O2/c1-11(14-4-2-12(21)8-15(14)22)24-17(28)10-27-19(29)26-16-5-3-13(9-23)25-18(16)20(27)6-7-20/h2-5,8,11H,6-7,10H2,1H3,(H,24,28)(H,26,29)/t11-/m0/s1. The highest BCUT2D eigenvalue weighted by molar-refractivity contribution is 5.96. The van der Waals surface area contributed by atoms with Crippen molar-refractivity contribution in [1.82, 2.24) is 15.2 Å². The topological polar surface area (TPSA) is 98.1 Å². The summed E-state index contributed by atoms with van der Waals surface area (Å²) < 4.78 is 27.0. The summed E-state index contributed by atoms with van der Waals surface area (Å²) in [5, 5.41) is 14.4. The largest absolute Gasteiger partial charge is 0.348 e. The maximum Gasteiger partial charge on any atom is 0.323 e. The molecular weight excluding hydrogens is 380 g/mol. The molecule has 148 valence electrons. The Balaban J connectivity index is 1.52. The van der Waals surface area contributed by atoms with Gasteiger partial charge in [0.1, 0.15) is 29.9 Å². The van der Waals surface area contributed by atoms with Crippen LogP contribution < -0.4 is 10.6 Å². The lowest BCUT2D eigenvalue weighted by atomic mass is 10.0. The number of anilines is 1. The van der Waals surface area contributed by atoms with Crippen molar-refractivity contribution >= 4 is 17.6 Å². The zero-order chi connectivity index (χ0) is 20.8. The van der Waals surface area contributed by atoms with Gasteiger partial charge < -0.3 is 15.5 Å². The predicted octanol–water partition coefficient (Wildman–Crippen LogP) is 2.95. The van der Waals surface area contributed by atoms with Gasteiger partial charge in [-0.05, 0) is 38.0 Å². The molecule has 2 aromatic rings. The smallest absolute Gasteiger partial charge is 0.323 e. The number of urea groups is 1. The Labute approximate surface area is 165 Å². The second-order valence-corrected chi connectivity index (χ2v) is 7.21. The van der Waals surface area contributed by atoms with Crippen molar-refractivity contribution in [3.63, 3.8) is 0 Å². The molecule has 2 N–H and O–H groups in total. The average Bonchev–Trinajstić information content (AvgIpc) is 3.46. The van der Waals surface area contributed by atoms with Gasteiger partial charge in [0.15, 0.2) is 0 Å². The van der Waals surface area contributed by atoms with Crippen LogP contribution in [0.25, 0.3) is 0 Å². The molecule has 0 radical (unpaired) electrons. The van der Waals surface area contributed by atoms with E-state index >= 15 is 0 Å². The third-order valence-corrected chi connectivity index (χ3v) is 5.29. The van der Waals surface area contributed by atoms with E-state index in [1.807, 2.05) is 6.07 Å². The molecule has 1 aromatic carbocycles. The van der Waals surface area contributed by atoms with Gasteiger partial charge in [-0.2, -0.15) is 5.26 Å². The average molecular weight is 397 g/mol. The molecule has 0 saturated heterocycles. The number of nitrogens with zero attached hydrogens (tertiary/aromatic N) is 3. The minimum Gasteiger partial charge on any atom is -0.348 e. The van der Waals surface area contributed by atoms with Gasteiger partial charge in [0, 0.05) is 11.6 Å². The van der Waals surface area contributed by atoms with E-state index in [4.69, 9.17) is 5.26 Å². The van der Waals surface area contributed by atoms with Crippen LogP contribution in [-0.4, -0.2) is 28.4 Å². The van der Waals surface area contributed by atoms with E-state index in [0.29, 0.717) is 24.2 Å². The first-order chi connectivity index (χ1) is 13.8. The Bertz CT molecular complexity index is 1060. The molecule has 4 rings (SSSR count). The Morgan fingerprint density at radius 3 is 2.79 bits per heavy atom. The van der Waals surface area contributed by atoms with Gasteiger partial charge in [-0.1, -0.05) is 6.07 Å². The highest BCUT2D eigenvalue weighted by atomic mass is 19.1. The zero-order valence-electron chi connectivity index (χ0n) is 15.5. The van der Waals surface area contributed by atoms with Gasteiger partial charge in [-0.3, -0.25) is 4.79 Å². The molecular formula is C20H17F2N5O2. The summed E-state index contributed by atoms with van der Waals surface area (Å²) in [7, 11) is 0. The fourth-order valence-corrected chi connectivity index (χ4v) is 3.69. The van der Waals surface area contributed by atoms with Gasteiger partial charge in [0.25, 0.3) is 0 Å². The van der Waals surface area contributed by atoms with Gasteiger partial charge in [0.05, 0.1) is 23.0 Å². The minimum absolute atomic E-state index is 0.148. The summed E-state index contributed by atoms with van der Waals surface area (Å²) in [5.41, 5.74) is 0.767. The fourth-order valence-electron chi connectivity index (χ4n) is 3.69. The van der Waals surface area contributed by atoms with Crippen LogP contribution in [0.2, 0.25) is 0 Å². The molecule has 0 unspecified atom stereocenters. The van der Waals surface area contributed by atoms with E-state index in [1.54, 1.807) is 13.0 Å². The van der Waals surface area contributed by atoms with E-state index in [1.165, 1.54) is 17.0 Å². The molecule has 2 heterocycles. The van der Waals surface area contributed by atoms with Crippen molar-refractivity contribution in [2.45, 2.75) is 31.3 Å². The molecule has 0 bridgehead atoms. The first-order valence-electron chi connectivity index (χ1n) is 9.08. The number of pyridine rings is 1. The molecule has 1 spiro atoms. The second kappa shape index (κ2) is 6.81. The van der Waals surface area contributed by atoms with Crippen LogP contribution >= 0.6 is 0 Å². The van der Waals surface area contributed by atoms with Crippen molar-refractivity contribution in [3.8, 4) is 6.07 Å². The third-order valence-electron chi connectivity index (χ3n) is 5.29. The van der Waals surface area contributed by atoms with E-state index in [9.17, 15) is 18.4 Å². The molecule has 7 nitrogen and oxygen atoms in total. The minimum atomic E-state index is -0.755. The number of halogens is 2. The van der Waals surface area contributed by atoms with Crippen molar-refractivity contribution in [2.24, 2.45) is 0 Å². The van der Waals surface area contributed by atoms with Gasteiger partial charge in [0.2, 0.25) is 5.91 Å². The summed E-state index contributed by atoms with van der Waals surface area (Å²) in [6.07, 6.45) is 1.26. The van der Waals surface area contributed by atoms with Gasteiger partial charge in [-0.25, -0.2) is 18.6 Å². The number of fused-ring (bicyclic) bond motifs is 2. The summed E-state index contributed by atoms with van der Waals surface area (Å²) >= 11 is 0. The van der Waals surface area contributed by atoms with Crippen LogP contribution in [0, 0.1) is 23.0 Å². The predicted molar refractivity (Wildman–Crippen MR) is 98.5 cm³/mol. The lowest BCUT2D eigenvalue weighted by molar-refractivity contribution is -0.123. The van der Waals surface area contributed by atoms with Crippen LogP contribution in [0.15, 0.2) is 30.3 Å². The second-order valence-electron chi connectivity index (χ2n) is 7.21. The van der Waals surface area contributed by atoms with E-state index in [2.05, 4.69) is 15.6 Å². The Morgan fingerprint density at radius 1 is 1.38 bits per heavy atom. The first-order valence-corrected chi connectivity index (χ1v) is 9.08. The Kier molecular flexibility index (Phi) is 4.42. The maximum atomic E-state index is 13.9. The first kappa shape index (κ1) is 18.8. The van der Waals surface area contributed by atoms with Crippen molar-refractivity contribution in [2.75, 3.05) is 11.9 Å². The number of amides is 3. The maximum absolute atomic E-state index is 13.9. The van der Waals surface area contributed by atoms with Crippen LogP contribution in [0.3, 0.4) is 0 Å². The van der Waals surface area contributed by atoms with E-state index in [0.717, 1.165) is 12.1 Å².